The fourth-order valence-corrected chi connectivity index (χ4v) is 3.66. The molecule has 1 fully saturated rings. The smallest absolute Gasteiger partial charge is 0.243 e. The molecular formula is C17H27N3O2S. The molecule has 0 spiro atoms. The summed E-state index contributed by atoms with van der Waals surface area (Å²) < 4.78 is 0. The van der Waals surface area contributed by atoms with Crippen LogP contribution in [0.5, 0.6) is 0 Å². The third-order valence-corrected chi connectivity index (χ3v) is 5.29. The molecule has 1 unspecified atom stereocenters. The number of amides is 2. The largest absolute Gasteiger partial charge is 0.349 e. The number of hydrogen-bond donors (Lipinski definition) is 1. The summed E-state index contributed by atoms with van der Waals surface area (Å²) in [6.07, 6.45) is 4.09. The predicted octanol–water partition coefficient (Wildman–Crippen LogP) is 3.06. The van der Waals surface area contributed by atoms with Gasteiger partial charge < -0.3 is 10.2 Å². The van der Waals surface area contributed by atoms with E-state index in [4.69, 9.17) is 0 Å². The number of thiazole rings is 1. The lowest BCUT2D eigenvalue weighted by molar-refractivity contribution is -0.142. The molecule has 1 aliphatic heterocycles. The Labute approximate surface area is 142 Å². The predicted molar refractivity (Wildman–Crippen MR) is 92.3 cm³/mol. The van der Waals surface area contributed by atoms with Gasteiger partial charge in [-0.25, -0.2) is 4.98 Å². The molecule has 0 aliphatic carbocycles. The summed E-state index contributed by atoms with van der Waals surface area (Å²) in [5.41, 5.74) is 0.897. The van der Waals surface area contributed by atoms with E-state index in [0.717, 1.165) is 36.4 Å². The lowest BCUT2D eigenvalue weighted by Gasteiger charge is -2.34. The molecule has 1 aromatic rings. The van der Waals surface area contributed by atoms with Gasteiger partial charge in [0.2, 0.25) is 11.8 Å². The number of piperidine rings is 1. The van der Waals surface area contributed by atoms with E-state index in [2.05, 4.69) is 24.1 Å². The topological polar surface area (TPSA) is 62.3 Å². The molecule has 1 aliphatic rings. The van der Waals surface area contributed by atoms with Gasteiger partial charge in [0.1, 0.15) is 6.04 Å². The number of carbonyl (C=O) groups is 2. The first-order valence-electron chi connectivity index (χ1n) is 8.54. The summed E-state index contributed by atoms with van der Waals surface area (Å²) in [6.45, 7) is 7.35. The molecule has 2 rings (SSSR count). The van der Waals surface area contributed by atoms with Gasteiger partial charge in [-0.05, 0) is 25.7 Å². The van der Waals surface area contributed by atoms with Crippen LogP contribution in [-0.2, 0) is 16.1 Å². The van der Waals surface area contributed by atoms with Crippen molar-refractivity contribution in [2.24, 2.45) is 0 Å². The average molecular weight is 337 g/mol. The molecule has 1 saturated heterocycles. The lowest BCUT2D eigenvalue weighted by atomic mass is 10.0. The van der Waals surface area contributed by atoms with Gasteiger partial charge in [0.05, 0.1) is 17.2 Å². The first kappa shape index (κ1) is 17.9. The summed E-state index contributed by atoms with van der Waals surface area (Å²) >= 11 is 1.63. The molecule has 0 aromatic carbocycles. The van der Waals surface area contributed by atoms with Crippen LogP contribution in [0.4, 0.5) is 0 Å². The van der Waals surface area contributed by atoms with Crippen molar-refractivity contribution in [2.45, 2.75) is 71.4 Å². The Morgan fingerprint density at radius 1 is 1.43 bits per heavy atom. The number of likely N-dealkylation sites (tertiary alicyclic amines) is 1. The minimum atomic E-state index is -0.314. The number of nitrogens with zero attached hydrogens (tertiary/aromatic N) is 2. The lowest BCUT2D eigenvalue weighted by Crippen LogP contribution is -2.51. The van der Waals surface area contributed by atoms with Gasteiger partial charge >= 0.3 is 0 Å². The highest BCUT2D eigenvalue weighted by atomic mass is 32.1. The molecule has 1 atom stereocenters. The molecule has 0 saturated carbocycles. The van der Waals surface area contributed by atoms with E-state index < -0.39 is 0 Å². The van der Waals surface area contributed by atoms with E-state index in [1.165, 1.54) is 0 Å². The first-order valence-corrected chi connectivity index (χ1v) is 9.42. The molecule has 0 radical (unpaired) electrons. The second-order valence-corrected chi connectivity index (χ2v) is 7.29. The molecule has 2 amide bonds. The van der Waals surface area contributed by atoms with Crippen molar-refractivity contribution >= 4 is 23.2 Å². The molecular weight excluding hydrogens is 310 g/mol. The normalized spacial score (nSPS) is 18.3. The van der Waals surface area contributed by atoms with Crippen LogP contribution >= 0.6 is 11.3 Å². The monoisotopic (exact) mass is 337 g/mol. The van der Waals surface area contributed by atoms with E-state index >= 15 is 0 Å². The SMILES string of the molecule is CCCC(=O)N1CCCCC1C(=O)NCc1csc(C(C)C)n1. The van der Waals surface area contributed by atoms with Crippen LogP contribution in [0.3, 0.4) is 0 Å². The van der Waals surface area contributed by atoms with Crippen molar-refractivity contribution in [3.05, 3.63) is 16.1 Å². The van der Waals surface area contributed by atoms with Crippen molar-refractivity contribution in [1.82, 2.24) is 15.2 Å². The van der Waals surface area contributed by atoms with Crippen LogP contribution in [0.2, 0.25) is 0 Å². The number of hydrogen-bond acceptors (Lipinski definition) is 4. The van der Waals surface area contributed by atoms with E-state index in [1.54, 1.807) is 16.2 Å². The van der Waals surface area contributed by atoms with Crippen LogP contribution in [0.25, 0.3) is 0 Å². The van der Waals surface area contributed by atoms with E-state index in [-0.39, 0.29) is 17.9 Å². The van der Waals surface area contributed by atoms with E-state index in [9.17, 15) is 9.59 Å². The maximum Gasteiger partial charge on any atom is 0.243 e. The van der Waals surface area contributed by atoms with Crippen molar-refractivity contribution in [3.8, 4) is 0 Å². The summed E-state index contributed by atoms with van der Waals surface area (Å²) in [4.78, 5) is 31.0. The van der Waals surface area contributed by atoms with Crippen LogP contribution in [-0.4, -0.2) is 34.3 Å². The molecule has 0 bridgehead atoms. The van der Waals surface area contributed by atoms with Gasteiger partial charge in [0.25, 0.3) is 0 Å². The highest BCUT2D eigenvalue weighted by Crippen LogP contribution is 2.20. The second kappa shape index (κ2) is 8.43. The Balaban J connectivity index is 1.93. The standard InChI is InChI=1S/C17H27N3O2S/c1-4-7-15(21)20-9-6-5-8-14(20)16(22)18-10-13-11-23-17(19-13)12(2)3/h11-12,14H,4-10H2,1-3H3,(H,18,22). The van der Waals surface area contributed by atoms with E-state index in [0.29, 0.717) is 25.4 Å². The van der Waals surface area contributed by atoms with Gasteiger partial charge in [0.15, 0.2) is 0 Å². The molecule has 6 heteroatoms. The van der Waals surface area contributed by atoms with Crippen LogP contribution in [0.1, 0.15) is 69.5 Å². The molecule has 5 nitrogen and oxygen atoms in total. The van der Waals surface area contributed by atoms with Crippen molar-refractivity contribution in [3.63, 3.8) is 0 Å². The Morgan fingerprint density at radius 2 is 2.22 bits per heavy atom. The summed E-state index contributed by atoms with van der Waals surface area (Å²) in [5, 5.41) is 6.05. The summed E-state index contributed by atoms with van der Waals surface area (Å²) in [6, 6.07) is -0.314. The van der Waals surface area contributed by atoms with Crippen LogP contribution in [0.15, 0.2) is 5.38 Å². The molecule has 128 valence electrons. The number of aromatic nitrogens is 1. The number of rotatable bonds is 6. The molecule has 23 heavy (non-hydrogen) atoms. The maximum absolute atomic E-state index is 12.5. The number of nitrogens with one attached hydrogen (secondary N) is 1. The van der Waals surface area contributed by atoms with Gasteiger partial charge in [-0.2, -0.15) is 0 Å². The van der Waals surface area contributed by atoms with Crippen LogP contribution in [0, 0.1) is 0 Å². The molecule has 2 heterocycles. The molecule has 1 N–H and O–H groups in total. The van der Waals surface area contributed by atoms with Gasteiger partial charge in [-0.1, -0.05) is 20.8 Å². The Morgan fingerprint density at radius 3 is 2.87 bits per heavy atom. The Bertz CT molecular complexity index is 542. The van der Waals surface area contributed by atoms with Crippen molar-refractivity contribution < 1.29 is 9.59 Å². The third-order valence-electron chi connectivity index (χ3n) is 4.10. The zero-order valence-corrected chi connectivity index (χ0v) is 15.1. The Kier molecular flexibility index (Phi) is 6.57. The highest BCUT2D eigenvalue weighted by Gasteiger charge is 2.31. The average Bonchev–Trinajstić information content (AvgIpc) is 3.02. The van der Waals surface area contributed by atoms with Crippen molar-refractivity contribution in [2.75, 3.05) is 6.54 Å². The third kappa shape index (κ3) is 4.77. The number of carbonyl (C=O) groups excluding carboxylic acids is 2. The maximum atomic E-state index is 12.5. The van der Waals surface area contributed by atoms with E-state index in [1.807, 2.05) is 12.3 Å². The minimum Gasteiger partial charge on any atom is -0.349 e. The zero-order chi connectivity index (χ0) is 16.8. The second-order valence-electron chi connectivity index (χ2n) is 6.40. The van der Waals surface area contributed by atoms with Crippen LogP contribution < -0.4 is 5.32 Å². The van der Waals surface area contributed by atoms with Crippen molar-refractivity contribution in [1.29, 1.82) is 0 Å². The molecule has 1 aromatic heterocycles. The van der Waals surface area contributed by atoms with Gasteiger partial charge in [-0.15, -0.1) is 11.3 Å². The zero-order valence-electron chi connectivity index (χ0n) is 14.3. The quantitative estimate of drug-likeness (QED) is 0.868. The first-order chi connectivity index (χ1) is 11.0. The fraction of sp³-hybridized carbons (Fsp3) is 0.706. The highest BCUT2D eigenvalue weighted by molar-refractivity contribution is 7.09. The summed E-state index contributed by atoms with van der Waals surface area (Å²) in [5.74, 6) is 0.460. The van der Waals surface area contributed by atoms with Gasteiger partial charge in [-0.3, -0.25) is 9.59 Å². The minimum absolute atomic E-state index is 0.0479. The summed E-state index contributed by atoms with van der Waals surface area (Å²) in [7, 11) is 0. The van der Waals surface area contributed by atoms with Gasteiger partial charge in [0, 0.05) is 24.3 Å². The fourth-order valence-electron chi connectivity index (χ4n) is 2.82. The Hall–Kier alpha value is -1.43.